The molecular formula is C21H15FN8OS. The molecule has 1 N–H and O–H groups in total. The van der Waals surface area contributed by atoms with Crippen LogP contribution in [0.5, 0.6) is 0 Å². The Hall–Kier alpha value is -4.25. The predicted molar refractivity (Wildman–Crippen MR) is 116 cm³/mol. The molecule has 0 aliphatic heterocycles. The number of amides is 1. The number of nitrogens with one attached hydrogen (secondary N) is 1. The molecule has 0 radical (unpaired) electrons. The van der Waals surface area contributed by atoms with Crippen LogP contribution < -0.4 is 5.32 Å². The molecule has 9 nitrogen and oxygen atoms in total. The van der Waals surface area contributed by atoms with Gasteiger partial charge in [-0.15, -0.1) is 21.5 Å². The molecule has 0 aliphatic carbocycles. The molecule has 0 spiro atoms. The Kier molecular flexibility index (Phi) is 5.00. The third kappa shape index (κ3) is 3.76. The number of thiophene rings is 1. The highest BCUT2D eigenvalue weighted by atomic mass is 32.1. The molecule has 0 unspecified atom stereocenters. The van der Waals surface area contributed by atoms with E-state index in [0.717, 1.165) is 10.4 Å². The van der Waals surface area contributed by atoms with Crippen LogP contribution in [0.4, 0.5) is 10.1 Å². The van der Waals surface area contributed by atoms with Crippen molar-refractivity contribution >= 4 is 22.9 Å². The van der Waals surface area contributed by atoms with Crippen LogP contribution in [-0.2, 0) is 0 Å². The van der Waals surface area contributed by atoms with Gasteiger partial charge < -0.3 is 5.32 Å². The molecule has 1 amide bonds. The second-order valence-electron chi connectivity index (χ2n) is 6.83. The molecule has 32 heavy (non-hydrogen) atoms. The van der Waals surface area contributed by atoms with Gasteiger partial charge in [-0.2, -0.15) is 0 Å². The summed E-state index contributed by atoms with van der Waals surface area (Å²) in [7, 11) is 0. The van der Waals surface area contributed by atoms with Gasteiger partial charge in [-0.1, -0.05) is 12.1 Å². The zero-order chi connectivity index (χ0) is 22.1. The summed E-state index contributed by atoms with van der Waals surface area (Å²) < 4.78 is 16.4. The molecule has 3 heterocycles. The van der Waals surface area contributed by atoms with Gasteiger partial charge in [-0.3, -0.25) is 4.79 Å². The predicted octanol–water partition coefficient (Wildman–Crippen LogP) is 3.67. The minimum absolute atomic E-state index is 0.00931. The lowest BCUT2D eigenvalue weighted by Crippen LogP contribution is -2.15. The first-order valence-corrected chi connectivity index (χ1v) is 10.4. The third-order valence-corrected chi connectivity index (χ3v) is 5.57. The monoisotopic (exact) mass is 446 g/mol. The van der Waals surface area contributed by atoms with E-state index in [0.29, 0.717) is 22.9 Å². The van der Waals surface area contributed by atoms with E-state index in [1.54, 1.807) is 18.2 Å². The van der Waals surface area contributed by atoms with Crippen LogP contribution in [-0.4, -0.2) is 40.9 Å². The van der Waals surface area contributed by atoms with Gasteiger partial charge in [0.25, 0.3) is 5.91 Å². The Labute approximate surface area is 185 Å². The molecule has 0 saturated carbocycles. The number of halogens is 1. The largest absolute Gasteiger partial charge is 0.319 e. The maximum absolute atomic E-state index is 13.4. The van der Waals surface area contributed by atoms with E-state index in [1.807, 2.05) is 36.6 Å². The van der Waals surface area contributed by atoms with E-state index >= 15 is 0 Å². The number of tetrazole rings is 1. The number of hydrogen-bond donors (Lipinski definition) is 1. The Morgan fingerprint density at radius 2 is 1.91 bits per heavy atom. The van der Waals surface area contributed by atoms with Crippen molar-refractivity contribution in [2.45, 2.75) is 6.92 Å². The molecule has 5 aromatic rings. The molecule has 0 fully saturated rings. The highest BCUT2D eigenvalue weighted by molar-refractivity contribution is 7.13. The highest BCUT2D eigenvalue weighted by Crippen LogP contribution is 2.26. The summed E-state index contributed by atoms with van der Waals surface area (Å²) in [6.07, 6.45) is 1.47. The van der Waals surface area contributed by atoms with Crippen molar-refractivity contribution in [3.63, 3.8) is 0 Å². The van der Waals surface area contributed by atoms with Crippen LogP contribution in [0.15, 0.2) is 66.3 Å². The van der Waals surface area contributed by atoms with Crippen LogP contribution in [0.2, 0.25) is 0 Å². The minimum atomic E-state index is -0.472. The van der Waals surface area contributed by atoms with Gasteiger partial charge in [-0.05, 0) is 70.8 Å². The van der Waals surface area contributed by atoms with Crippen molar-refractivity contribution in [3.8, 4) is 22.1 Å². The number of aromatic nitrogens is 7. The van der Waals surface area contributed by atoms with Gasteiger partial charge in [0.15, 0.2) is 5.82 Å². The van der Waals surface area contributed by atoms with Crippen LogP contribution in [0.25, 0.3) is 22.1 Å². The van der Waals surface area contributed by atoms with Gasteiger partial charge in [-0.25, -0.2) is 18.7 Å². The first-order valence-electron chi connectivity index (χ1n) is 9.51. The van der Waals surface area contributed by atoms with Crippen molar-refractivity contribution in [1.82, 2.24) is 35.0 Å². The van der Waals surface area contributed by atoms with E-state index in [2.05, 4.69) is 30.9 Å². The van der Waals surface area contributed by atoms with E-state index in [1.165, 1.54) is 39.2 Å². The Morgan fingerprint density at radius 1 is 1.09 bits per heavy atom. The molecule has 0 bridgehead atoms. The van der Waals surface area contributed by atoms with Gasteiger partial charge in [0.1, 0.15) is 12.1 Å². The van der Waals surface area contributed by atoms with Crippen molar-refractivity contribution in [3.05, 3.63) is 83.5 Å². The van der Waals surface area contributed by atoms with Crippen LogP contribution in [0.3, 0.4) is 0 Å². The Morgan fingerprint density at radius 3 is 2.62 bits per heavy atom. The minimum Gasteiger partial charge on any atom is -0.319 e. The first kappa shape index (κ1) is 19.7. The average Bonchev–Trinajstić information content (AvgIpc) is 3.56. The lowest BCUT2D eigenvalue weighted by Gasteiger charge is -2.09. The van der Waals surface area contributed by atoms with Crippen molar-refractivity contribution in [2.75, 3.05) is 5.32 Å². The fourth-order valence-corrected chi connectivity index (χ4v) is 3.78. The molecule has 0 aliphatic rings. The quantitative estimate of drug-likeness (QED) is 0.442. The first-order chi connectivity index (χ1) is 15.6. The van der Waals surface area contributed by atoms with Crippen molar-refractivity contribution < 1.29 is 9.18 Å². The summed E-state index contributed by atoms with van der Waals surface area (Å²) >= 11 is 1.47. The van der Waals surface area contributed by atoms with Gasteiger partial charge >= 0.3 is 0 Å². The zero-order valence-corrected chi connectivity index (χ0v) is 17.5. The maximum atomic E-state index is 13.4. The zero-order valence-electron chi connectivity index (χ0n) is 16.7. The lowest BCUT2D eigenvalue weighted by atomic mass is 10.2. The normalized spacial score (nSPS) is 10.9. The molecular weight excluding hydrogens is 431 g/mol. The van der Waals surface area contributed by atoms with E-state index in [-0.39, 0.29) is 11.6 Å². The fourth-order valence-electron chi connectivity index (χ4n) is 3.08. The van der Waals surface area contributed by atoms with Gasteiger partial charge in [0.2, 0.25) is 5.82 Å². The summed E-state index contributed by atoms with van der Waals surface area (Å²) in [5.74, 6) is -0.344. The molecule has 158 valence electrons. The Balaban J connectivity index is 1.50. The van der Waals surface area contributed by atoms with Crippen LogP contribution in [0.1, 0.15) is 16.2 Å². The smallest absolute Gasteiger partial charge is 0.295 e. The Bertz CT molecular complexity index is 1380. The molecule has 0 atom stereocenters. The van der Waals surface area contributed by atoms with E-state index < -0.39 is 5.91 Å². The SMILES string of the molecule is Cc1ccc(-n2cnnn2)cc1NC(=O)c1nc(-c2cccs2)n(-c2ccc(F)cc2)n1. The number of carbonyl (C=O) groups is 1. The number of anilines is 1. The molecule has 2 aromatic carbocycles. The fraction of sp³-hybridized carbons (Fsp3) is 0.0476. The summed E-state index contributed by atoms with van der Waals surface area (Å²) in [5.41, 5.74) is 2.73. The number of benzene rings is 2. The number of carbonyl (C=O) groups excluding carboxylic acids is 1. The van der Waals surface area contributed by atoms with Gasteiger partial charge in [0.05, 0.1) is 16.3 Å². The molecule has 5 rings (SSSR count). The summed E-state index contributed by atoms with van der Waals surface area (Å²) in [4.78, 5) is 18.3. The lowest BCUT2D eigenvalue weighted by molar-refractivity contribution is 0.101. The summed E-state index contributed by atoms with van der Waals surface area (Å²) in [5, 5.41) is 20.3. The molecule has 3 aromatic heterocycles. The number of hydrogen-bond acceptors (Lipinski definition) is 7. The molecule has 0 saturated heterocycles. The summed E-state index contributed by atoms with van der Waals surface area (Å²) in [6, 6.07) is 15.1. The second-order valence-corrected chi connectivity index (χ2v) is 7.78. The van der Waals surface area contributed by atoms with Crippen LogP contribution in [0, 0.1) is 12.7 Å². The van der Waals surface area contributed by atoms with Crippen molar-refractivity contribution in [1.29, 1.82) is 0 Å². The summed E-state index contributed by atoms with van der Waals surface area (Å²) in [6.45, 7) is 1.88. The topological polar surface area (TPSA) is 103 Å². The van der Waals surface area contributed by atoms with E-state index in [4.69, 9.17) is 0 Å². The average molecular weight is 446 g/mol. The third-order valence-electron chi connectivity index (χ3n) is 4.71. The number of rotatable bonds is 5. The maximum Gasteiger partial charge on any atom is 0.295 e. The van der Waals surface area contributed by atoms with E-state index in [9.17, 15) is 9.18 Å². The second kappa shape index (κ2) is 8.12. The standard InChI is InChI=1S/C21H15FN8OS/c1-13-4-7-16(29-12-23-27-28-29)11-17(13)24-21(31)19-25-20(18-3-2-10-32-18)30(26-19)15-8-5-14(22)6-9-15/h2-12H,1H3,(H,24,31). The van der Waals surface area contributed by atoms with Crippen molar-refractivity contribution in [2.24, 2.45) is 0 Å². The van der Waals surface area contributed by atoms with Gasteiger partial charge in [0, 0.05) is 5.69 Å². The highest BCUT2D eigenvalue weighted by Gasteiger charge is 2.20. The van der Waals surface area contributed by atoms with Crippen LogP contribution >= 0.6 is 11.3 Å². The number of aryl methyl sites for hydroxylation is 1. The number of nitrogens with zero attached hydrogens (tertiary/aromatic N) is 7. The molecule has 11 heteroatoms.